The number of methoxy groups -OCH3 is 2. The SMILES string of the molecule is COc1ccc(OC)c(CC2=C(C(=O)O)N3C(=O)C(NC(=O)Cc4ccccc4)[C@H]3SC2)c1. The van der Waals surface area contributed by atoms with E-state index in [2.05, 4.69) is 5.32 Å². The van der Waals surface area contributed by atoms with Gasteiger partial charge in [-0.05, 0) is 29.3 Å². The fourth-order valence-electron chi connectivity index (χ4n) is 4.07. The number of hydrogen-bond donors (Lipinski definition) is 2. The van der Waals surface area contributed by atoms with E-state index in [0.29, 0.717) is 29.2 Å². The van der Waals surface area contributed by atoms with Crippen molar-refractivity contribution in [3.05, 3.63) is 70.9 Å². The quantitative estimate of drug-likeness (QED) is 0.573. The van der Waals surface area contributed by atoms with Crippen LogP contribution in [-0.4, -0.2) is 59.2 Å². The monoisotopic (exact) mass is 468 g/mol. The summed E-state index contributed by atoms with van der Waals surface area (Å²) in [7, 11) is 3.10. The third kappa shape index (κ3) is 4.54. The van der Waals surface area contributed by atoms with E-state index in [9.17, 15) is 19.5 Å². The van der Waals surface area contributed by atoms with Gasteiger partial charge in [-0.2, -0.15) is 0 Å². The molecule has 172 valence electrons. The molecule has 1 fully saturated rings. The summed E-state index contributed by atoms with van der Waals surface area (Å²) in [4.78, 5) is 38.7. The fraction of sp³-hybridized carbons (Fsp3) is 0.292. The van der Waals surface area contributed by atoms with Crippen LogP contribution in [0.25, 0.3) is 0 Å². The van der Waals surface area contributed by atoms with Gasteiger partial charge in [-0.25, -0.2) is 4.79 Å². The summed E-state index contributed by atoms with van der Waals surface area (Å²) in [6.45, 7) is 0. The zero-order valence-corrected chi connectivity index (χ0v) is 19.1. The van der Waals surface area contributed by atoms with Crippen LogP contribution in [-0.2, 0) is 27.2 Å². The van der Waals surface area contributed by atoms with Crippen molar-refractivity contribution >= 4 is 29.5 Å². The number of carbonyl (C=O) groups is 3. The number of fused-ring (bicyclic) bond motifs is 1. The molecule has 2 amide bonds. The van der Waals surface area contributed by atoms with Gasteiger partial charge in [-0.1, -0.05) is 30.3 Å². The Hall–Kier alpha value is -3.46. The van der Waals surface area contributed by atoms with Gasteiger partial charge in [0.15, 0.2) is 0 Å². The summed E-state index contributed by atoms with van der Waals surface area (Å²) in [6.07, 6.45) is 0.459. The van der Waals surface area contributed by atoms with E-state index in [4.69, 9.17) is 9.47 Å². The number of β-lactam (4-membered cyclic amide) rings is 1. The maximum atomic E-state index is 12.9. The summed E-state index contributed by atoms with van der Waals surface area (Å²) >= 11 is 1.44. The summed E-state index contributed by atoms with van der Waals surface area (Å²) in [5, 5.41) is 12.2. The summed E-state index contributed by atoms with van der Waals surface area (Å²) in [5.41, 5.74) is 2.20. The highest BCUT2D eigenvalue weighted by molar-refractivity contribution is 8.00. The first-order chi connectivity index (χ1) is 15.9. The highest BCUT2D eigenvalue weighted by Crippen LogP contribution is 2.42. The lowest BCUT2D eigenvalue weighted by Crippen LogP contribution is -2.70. The third-order valence-electron chi connectivity index (χ3n) is 5.67. The molecule has 0 aromatic heterocycles. The van der Waals surface area contributed by atoms with Gasteiger partial charge in [-0.15, -0.1) is 11.8 Å². The Morgan fingerprint density at radius 2 is 1.91 bits per heavy atom. The maximum absolute atomic E-state index is 12.9. The number of nitrogens with one attached hydrogen (secondary N) is 1. The van der Waals surface area contributed by atoms with E-state index in [1.807, 2.05) is 30.3 Å². The van der Waals surface area contributed by atoms with Crippen molar-refractivity contribution in [3.63, 3.8) is 0 Å². The Morgan fingerprint density at radius 1 is 1.15 bits per heavy atom. The van der Waals surface area contributed by atoms with Gasteiger partial charge in [0.1, 0.15) is 28.6 Å². The van der Waals surface area contributed by atoms with E-state index >= 15 is 0 Å². The minimum Gasteiger partial charge on any atom is -0.497 e. The topological polar surface area (TPSA) is 105 Å². The zero-order valence-electron chi connectivity index (χ0n) is 18.2. The summed E-state index contributed by atoms with van der Waals surface area (Å²) < 4.78 is 10.7. The third-order valence-corrected chi connectivity index (χ3v) is 7.00. The second-order valence-corrected chi connectivity index (χ2v) is 8.83. The zero-order chi connectivity index (χ0) is 23.5. The first kappa shape index (κ1) is 22.7. The van der Waals surface area contributed by atoms with Crippen molar-refractivity contribution in [2.45, 2.75) is 24.3 Å². The standard InChI is InChI=1S/C24H24N2O6S/c1-31-17-8-9-18(32-2)15(12-17)11-16-13-33-23-20(22(28)26(23)21(16)24(29)30)25-19(27)10-14-6-4-3-5-7-14/h3-9,12,20,23H,10-11,13H2,1-2H3,(H,25,27)(H,29,30)/t20?,23-/m1/s1. The highest BCUT2D eigenvalue weighted by Gasteiger charge is 2.54. The lowest BCUT2D eigenvalue weighted by molar-refractivity contribution is -0.150. The van der Waals surface area contributed by atoms with Gasteiger partial charge in [-0.3, -0.25) is 14.5 Å². The van der Waals surface area contributed by atoms with Crippen LogP contribution in [0.5, 0.6) is 11.5 Å². The second kappa shape index (κ2) is 9.58. The van der Waals surface area contributed by atoms with Crippen molar-refractivity contribution in [3.8, 4) is 11.5 Å². The average Bonchev–Trinajstić information content (AvgIpc) is 2.82. The van der Waals surface area contributed by atoms with Gasteiger partial charge < -0.3 is 19.9 Å². The number of benzene rings is 2. The molecule has 0 saturated carbocycles. The van der Waals surface area contributed by atoms with Crippen LogP contribution >= 0.6 is 11.8 Å². The molecule has 0 spiro atoms. The molecule has 2 heterocycles. The van der Waals surface area contributed by atoms with E-state index in [1.165, 1.54) is 16.7 Å². The van der Waals surface area contributed by atoms with Crippen molar-refractivity contribution in [2.24, 2.45) is 0 Å². The minimum absolute atomic E-state index is 0.0258. The van der Waals surface area contributed by atoms with Crippen LogP contribution in [0.4, 0.5) is 0 Å². The molecule has 2 N–H and O–H groups in total. The van der Waals surface area contributed by atoms with Crippen LogP contribution in [0.2, 0.25) is 0 Å². The molecule has 33 heavy (non-hydrogen) atoms. The maximum Gasteiger partial charge on any atom is 0.352 e. The molecule has 9 heteroatoms. The van der Waals surface area contributed by atoms with Gasteiger partial charge in [0.05, 0.1) is 20.6 Å². The van der Waals surface area contributed by atoms with Gasteiger partial charge in [0.2, 0.25) is 5.91 Å². The number of nitrogens with zero attached hydrogens (tertiary/aromatic N) is 1. The lowest BCUT2D eigenvalue weighted by Gasteiger charge is -2.49. The Balaban J connectivity index is 1.52. The number of amides is 2. The molecule has 2 aliphatic rings. The average molecular weight is 469 g/mol. The first-order valence-electron chi connectivity index (χ1n) is 10.4. The smallest absolute Gasteiger partial charge is 0.352 e. The molecule has 0 bridgehead atoms. The summed E-state index contributed by atoms with van der Waals surface area (Å²) in [6, 6.07) is 13.8. The molecule has 0 radical (unpaired) electrons. The van der Waals surface area contributed by atoms with Crippen molar-refractivity contribution in [1.29, 1.82) is 0 Å². The molecule has 8 nitrogen and oxygen atoms in total. The van der Waals surface area contributed by atoms with Crippen molar-refractivity contribution in [2.75, 3.05) is 20.0 Å². The number of thioether (sulfide) groups is 1. The van der Waals surface area contributed by atoms with Crippen LogP contribution in [0.1, 0.15) is 11.1 Å². The van der Waals surface area contributed by atoms with Gasteiger partial charge in [0, 0.05) is 17.7 Å². The molecule has 2 aromatic rings. The molecule has 0 aliphatic carbocycles. The lowest BCUT2D eigenvalue weighted by atomic mass is 9.98. The normalized spacial score (nSPS) is 19.5. The minimum atomic E-state index is -1.17. The van der Waals surface area contributed by atoms with E-state index in [0.717, 1.165) is 11.1 Å². The first-order valence-corrected chi connectivity index (χ1v) is 11.4. The molecule has 2 aliphatic heterocycles. The Kier molecular flexibility index (Phi) is 6.60. The number of carbonyl (C=O) groups excluding carboxylic acids is 2. The second-order valence-electron chi connectivity index (χ2n) is 7.73. The van der Waals surface area contributed by atoms with Crippen LogP contribution in [0.3, 0.4) is 0 Å². The molecule has 4 rings (SSSR count). The Morgan fingerprint density at radius 3 is 2.58 bits per heavy atom. The Bertz CT molecular complexity index is 1120. The van der Waals surface area contributed by atoms with E-state index in [-0.39, 0.29) is 18.0 Å². The largest absolute Gasteiger partial charge is 0.497 e. The molecule has 1 saturated heterocycles. The van der Waals surface area contributed by atoms with E-state index < -0.39 is 23.3 Å². The van der Waals surface area contributed by atoms with Crippen molar-refractivity contribution < 1.29 is 29.0 Å². The molecule has 2 atom stereocenters. The van der Waals surface area contributed by atoms with Gasteiger partial charge in [0.25, 0.3) is 5.91 Å². The number of hydrogen-bond acceptors (Lipinski definition) is 6. The van der Waals surface area contributed by atoms with Crippen LogP contribution < -0.4 is 14.8 Å². The molecular weight excluding hydrogens is 444 g/mol. The number of ether oxygens (including phenoxy) is 2. The highest BCUT2D eigenvalue weighted by atomic mass is 32.2. The molecule has 1 unspecified atom stereocenters. The number of rotatable bonds is 8. The molecule has 2 aromatic carbocycles. The number of carboxylic acid groups (broad SMARTS) is 1. The number of aliphatic carboxylic acids is 1. The number of carboxylic acids is 1. The van der Waals surface area contributed by atoms with Gasteiger partial charge >= 0.3 is 5.97 Å². The van der Waals surface area contributed by atoms with Crippen molar-refractivity contribution in [1.82, 2.24) is 10.2 Å². The predicted octanol–water partition coefficient (Wildman–Crippen LogP) is 2.23. The van der Waals surface area contributed by atoms with Crippen LogP contribution in [0, 0.1) is 0 Å². The molecular formula is C24H24N2O6S. The fourth-order valence-corrected chi connectivity index (χ4v) is 5.42. The van der Waals surface area contributed by atoms with Crippen LogP contribution in [0.15, 0.2) is 59.8 Å². The predicted molar refractivity (Wildman–Crippen MR) is 123 cm³/mol. The van der Waals surface area contributed by atoms with E-state index in [1.54, 1.807) is 32.4 Å². The Labute approximate surface area is 195 Å². The summed E-state index contributed by atoms with van der Waals surface area (Å²) in [5.74, 6) is -0.193.